The molecular formula is C19H26N2O3. The average molecular weight is 330 g/mol. The lowest BCUT2D eigenvalue weighted by atomic mass is 10.0. The zero-order chi connectivity index (χ0) is 17.5. The van der Waals surface area contributed by atoms with Crippen molar-refractivity contribution in [2.75, 3.05) is 0 Å². The van der Waals surface area contributed by atoms with Gasteiger partial charge in [0.05, 0.1) is 18.2 Å². The summed E-state index contributed by atoms with van der Waals surface area (Å²) in [6, 6.07) is 9.35. The van der Waals surface area contributed by atoms with Crippen LogP contribution in [-0.4, -0.2) is 22.2 Å². The van der Waals surface area contributed by atoms with Crippen LogP contribution in [0, 0.1) is 0 Å². The van der Waals surface area contributed by atoms with Gasteiger partial charge in [-0.1, -0.05) is 49.3 Å². The maximum Gasteiger partial charge on any atom is 0.224 e. The predicted molar refractivity (Wildman–Crippen MR) is 92.6 cm³/mol. The molecule has 1 aromatic heterocycles. The number of aliphatic hydroxyl groups excluding tert-OH is 1. The van der Waals surface area contributed by atoms with Gasteiger partial charge in [-0.3, -0.25) is 4.79 Å². The predicted octanol–water partition coefficient (Wildman–Crippen LogP) is 2.97. The molecule has 0 aliphatic rings. The van der Waals surface area contributed by atoms with E-state index in [0.29, 0.717) is 6.42 Å². The minimum absolute atomic E-state index is 0.0737. The van der Waals surface area contributed by atoms with Crippen molar-refractivity contribution in [2.45, 2.75) is 58.6 Å². The molecule has 24 heavy (non-hydrogen) atoms. The lowest BCUT2D eigenvalue weighted by Crippen LogP contribution is -2.35. The highest BCUT2D eigenvalue weighted by atomic mass is 16.5. The Morgan fingerprint density at radius 3 is 2.58 bits per heavy atom. The number of carbonyl (C=O) groups is 1. The van der Waals surface area contributed by atoms with Gasteiger partial charge < -0.3 is 14.9 Å². The van der Waals surface area contributed by atoms with Crippen LogP contribution in [0.2, 0.25) is 0 Å². The van der Waals surface area contributed by atoms with E-state index in [2.05, 4.69) is 10.5 Å². The first-order valence-corrected chi connectivity index (χ1v) is 8.53. The van der Waals surface area contributed by atoms with E-state index in [-0.39, 0.29) is 18.4 Å². The van der Waals surface area contributed by atoms with Gasteiger partial charge in [0.1, 0.15) is 5.76 Å². The number of benzene rings is 1. The van der Waals surface area contributed by atoms with E-state index in [0.717, 1.165) is 35.4 Å². The van der Waals surface area contributed by atoms with Crippen LogP contribution in [0.15, 0.2) is 34.9 Å². The van der Waals surface area contributed by atoms with Gasteiger partial charge in [0, 0.05) is 18.0 Å². The largest absolute Gasteiger partial charge is 0.388 e. The van der Waals surface area contributed by atoms with Crippen molar-refractivity contribution >= 4 is 5.91 Å². The molecule has 0 aliphatic carbocycles. The van der Waals surface area contributed by atoms with Crippen LogP contribution in [0.5, 0.6) is 0 Å². The minimum atomic E-state index is -0.588. The Kier molecular flexibility index (Phi) is 6.55. The van der Waals surface area contributed by atoms with Crippen molar-refractivity contribution in [1.82, 2.24) is 10.5 Å². The molecule has 2 aromatic rings. The van der Waals surface area contributed by atoms with Crippen molar-refractivity contribution in [1.29, 1.82) is 0 Å². The fourth-order valence-electron chi connectivity index (χ4n) is 2.83. The number of rotatable bonds is 8. The zero-order valence-corrected chi connectivity index (χ0v) is 14.6. The molecule has 0 radical (unpaired) electrons. The highest BCUT2D eigenvalue weighted by Crippen LogP contribution is 2.19. The first-order valence-electron chi connectivity index (χ1n) is 8.53. The average Bonchev–Trinajstić information content (AvgIpc) is 2.96. The summed E-state index contributed by atoms with van der Waals surface area (Å²) in [5.41, 5.74) is 2.60. The molecule has 0 saturated carbocycles. The van der Waals surface area contributed by atoms with E-state index < -0.39 is 6.10 Å². The molecule has 2 rings (SSSR count). The van der Waals surface area contributed by atoms with Crippen molar-refractivity contribution < 1.29 is 14.4 Å². The third-order valence-electron chi connectivity index (χ3n) is 4.11. The van der Waals surface area contributed by atoms with Gasteiger partial charge in [0.25, 0.3) is 0 Å². The van der Waals surface area contributed by atoms with Gasteiger partial charge in [0.2, 0.25) is 5.91 Å². The number of nitrogens with one attached hydrogen (secondary N) is 1. The summed E-state index contributed by atoms with van der Waals surface area (Å²) in [6.45, 7) is 5.89. The monoisotopic (exact) mass is 330 g/mol. The van der Waals surface area contributed by atoms with E-state index >= 15 is 0 Å². The van der Waals surface area contributed by atoms with Gasteiger partial charge >= 0.3 is 0 Å². The molecule has 0 saturated heterocycles. The number of aromatic nitrogens is 1. The SMILES string of the molecule is CCc1noc(CC)c1CC(=O)NC(C)CC(O)c1ccccc1. The van der Waals surface area contributed by atoms with Crippen molar-refractivity contribution in [2.24, 2.45) is 0 Å². The summed E-state index contributed by atoms with van der Waals surface area (Å²) in [7, 11) is 0. The Morgan fingerprint density at radius 2 is 1.96 bits per heavy atom. The first-order chi connectivity index (χ1) is 11.5. The van der Waals surface area contributed by atoms with Crippen LogP contribution in [-0.2, 0) is 24.1 Å². The number of aliphatic hydroxyl groups is 1. The molecule has 0 spiro atoms. The molecule has 5 heteroatoms. The molecule has 5 nitrogen and oxygen atoms in total. The topological polar surface area (TPSA) is 75.4 Å². The Labute approximate surface area is 143 Å². The molecule has 2 atom stereocenters. The van der Waals surface area contributed by atoms with Crippen LogP contribution in [0.1, 0.15) is 55.9 Å². The van der Waals surface area contributed by atoms with Crippen molar-refractivity contribution in [3.05, 3.63) is 52.9 Å². The van der Waals surface area contributed by atoms with E-state index in [1.54, 1.807) is 0 Å². The third-order valence-corrected chi connectivity index (χ3v) is 4.11. The van der Waals surface area contributed by atoms with E-state index in [9.17, 15) is 9.90 Å². The molecule has 2 N–H and O–H groups in total. The summed E-state index contributed by atoms with van der Waals surface area (Å²) < 4.78 is 5.29. The van der Waals surface area contributed by atoms with Crippen molar-refractivity contribution in [3.8, 4) is 0 Å². The Hall–Kier alpha value is -2.14. The van der Waals surface area contributed by atoms with Gasteiger partial charge in [-0.05, 0) is 25.3 Å². The fourth-order valence-corrected chi connectivity index (χ4v) is 2.83. The Bertz CT molecular complexity index is 630. The van der Waals surface area contributed by atoms with E-state index in [4.69, 9.17) is 4.52 Å². The van der Waals surface area contributed by atoms with Gasteiger partial charge in [-0.25, -0.2) is 0 Å². The second-order valence-electron chi connectivity index (χ2n) is 6.05. The Morgan fingerprint density at radius 1 is 1.25 bits per heavy atom. The summed E-state index contributed by atoms with van der Waals surface area (Å²) >= 11 is 0. The summed E-state index contributed by atoms with van der Waals surface area (Å²) in [4.78, 5) is 12.3. The molecule has 1 amide bonds. The van der Waals surface area contributed by atoms with Crippen molar-refractivity contribution in [3.63, 3.8) is 0 Å². The number of aryl methyl sites for hydroxylation is 2. The molecule has 2 unspecified atom stereocenters. The quantitative estimate of drug-likeness (QED) is 0.780. The standard InChI is InChI=1S/C19H26N2O3/c1-4-16-15(18(5-2)24-21-16)12-19(23)20-13(3)11-17(22)14-9-7-6-8-10-14/h6-10,13,17,22H,4-5,11-12H2,1-3H3,(H,20,23). The van der Waals surface area contributed by atoms with Crippen LogP contribution < -0.4 is 5.32 Å². The van der Waals surface area contributed by atoms with Gasteiger partial charge in [-0.15, -0.1) is 0 Å². The number of nitrogens with zero attached hydrogens (tertiary/aromatic N) is 1. The summed E-state index contributed by atoms with van der Waals surface area (Å²) in [5, 5.41) is 17.2. The molecule has 130 valence electrons. The molecule has 0 fully saturated rings. The number of carbonyl (C=O) groups excluding carboxylic acids is 1. The molecule has 0 aliphatic heterocycles. The zero-order valence-electron chi connectivity index (χ0n) is 14.6. The molecular weight excluding hydrogens is 304 g/mol. The molecule has 0 bridgehead atoms. The Balaban J connectivity index is 1.91. The van der Waals surface area contributed by atoms with Crippen LogP contribution in [0.4, 0.5) is 0 Å². The maximum atomic E-state index is 12.3. The fraction of sp³-hybridized carbons (Fsp3) is 0.474. The smallest absolute Gasteiger partial charge is 0.224 e. The van der Waals surface area contributed by atoms with E-state index in [1.165, 1.54) is 0 Å². The number of hydrogen-bond acceptors (Lipinski definition) is 4. The second-order valence-corrected chi connectivity index (χ2v) is 6.05. The van der Waals surface area contributed by atoms with Crippen LogP contribution >= 0.6 is 0 Å². The normalized spacial score (nSPS) is 13.5. The van der Waals surface area contributed by atoms with E-state index in [1.807, 2.05) is 51.1 Å². The van der Waals surface area contributed by atoms with Crippen LogP contribution in [0.3, 0.4) is 0 Å². The molecule has 1 heterocycles. The van der Waals surface area contributed by atoms with Gasteiger partial charge in [0.15, 0.2) is 0 Å². The second kappa shape index (κ2) is 8.64. The van der Waals surface area contributed by atoms with Gasteiger partial charge in [-0.2, -0.15) is 0 Å². The minimum Gasteiger partial charge on any atom is -0.388 e. The first kappa shape index (κ1) is 18.2. The molecule has 1 aromatic carbocycles. The lowest BCUT2D eigenvalue weighted by Gasteiger charge is -2.18. The van der Waals surface area contributed by atoms with Crippen LogP contribution in [0.25, 0.3) is 0 Å². The maximum absolute atomic E-state index is 12.3. The third kappa shape index (κ3) is 4.68. The summed E-state index contributed by atoms with van der Waals surface area (Å²) in [5.74, 6) is 0.703. The lowest BCUT2D eigenvalue weighted by molar-refractivity contribution is -0.121. The highest BCUT2D eigenvalue weighted by molar-refractivity contribution is 5.79. The highest BCUT2D eigenvalue weighted by Gasteiger charge is 2.19. The number of amides is 1. The summed E-state index contributed by atoms with van der Waals surface area (Å²) in [6.07, 6.45) is 1.61. The number of hydrogen-bond donors (Lipinski definition) is 2.